The predicted octanol–water partition coefficient (Wildman–Crippen LogP) is 1.73. The summed E-state index contributed by atoms with van der Waals surface area (Å²) in [5.41, 5.74) is -0.424. The second kappa shape index (κ2) is 5.97. The molecule has 112 valence electrons. The Labute approximate surface area is 127 Å². The quantitative estimate of drug-likeness (QED) is 0.832. The first kappa shape index (κ1) is 15.7. The smallest absolute Gasteiger partial charge is 0.244 e. The number of aromatic nitrogens is 1. The highest BCUT2D eigenvalue weighted by Gasteiger charge is 2.32. The summed E-state index contributed by atoms with van der Waals surface area (Å²) >= 11 is 3.24. The molecule has 1 aliphatic rings. The van der Waals surface area contributed by atoms with Crippen molar-refractivity contribution in [3.8, 4) is 0 Å². The Morgan fingerprint density at radius 2 is 2.30 bits per heavy atom. The molecule has 0 saturated carbocycles. The lowest BCUT2D eigenvalue weighted by Crippen LogP contribution is -2.40. The first-order chi connectivity index (χ1) is 9.36. The van der Waals surface area contributed by atoms with Crippen LogP contribution in [0.4, 0.5) is 5.82 Å². The van der Waals surface area contributed by atoms with Crippen LogP contribution in [-0.2, 0) is 14.8 Å². The van der Waals surface area contributed by atoms with Crippen molar-refractivity contribution in [3.05, 3.63) is 16.7 Å². The normalized spacial score (nSPS) is 22.9. The van der Waals surface area contributed by atoms with Gasteiger partial charge in [0.15, 0.2) is 0 Å². The molecule has 2 heterocycles. The number of pyridine rings is 1. The first-order valence-electron chi connectivity index (χ1n) is 6.33. The summed E-state index contributed by atoms with van der Waals surface area (Å²) in [5.74, 6) is 0.318. The number of halogens is 1. The average molecular weight is 364 g/mol. The van der Waals surface area contributed by atoms with Crippen LogP contribution in [0, 0.1) is 0 Å². The SMILES string of the molecule is CNc1ncc(Br)cc1S(=O)(=O)NCC1(C)CCCO1. The molecule has 1 fully saturated rings. The van der Waals surface area contributed by atoms with Gasteiger partial charge in [0.1, 0.15) is 10.7 Å². The summed E-state index contributed by atoms with van der Waals surface area (Å²) in [4.78, 5) is 4.17. The zero-order chi connectivity index (χ0) is 14.8. The molecule has 0 amide bonds. The lowest BCUT2D eigenvalue weighted by molar-refractivity contribution is 0.0250. The molecule has 2 rings (SSSR count). The molecule has 1 unspecified atom stereocenters. The van der Waals surface area contributed by atoms with E-state index in [0.29, 0.717) is 16.9 Å². The van der Waals surface area contributed by atoms with Gasteiger partial charge < -0.3 is 10.1 Å². The van der Waals surface area contributed by atoms with Gasteiger partial charge in [-0.3, -0.25) is 0 Å². The van der Waals surface area contributed by atoms with E-state index in [-0.39, 0.29) is 11.4 Å². The van der Waals surface area contributed by atoms with E-state index in [1.807, 2.05) is 6.92 Å². The molecule has 1 atom stereocenters. The number of anilines is 1. The number of nitrogens with zero attached hydrogens (tertiary/aromatic N) is 1. The van der Waals surface area contributed by atoms with Crippen molar-refractivity contribution in [1.29, 1.82) is 0 Å². The number of ether oxygens (including phenoxy) is 1. The number of rotatable bonds is 5. The van der Waals surface area contributed by atoms with Gasteiger partial charge in [-0.05, 0) is 41.8 Å². The Morgan fingerprint density at radius 3 is 2.90 bits per heavy atom. The van der Waals surface area contributed by atoms with Crippen LogP contribution in [0.15, 0.2) is 21.6 Å². The minimum atomic E-state index is -3.64. The van der Waals surface area contributed by atoms with Gasteiger partial charge in [-0.15, -0.1) is 0 Å². The molecule has 0 radical (unpaired) electrons. The topological polar surface area (TPSA) is 80.3 Å². The maximum Gasteiger partial charge on any atom is 0.244 e. The molecule has 1 aromatic rings. The van der Waals surface area contributed by atoms with E-state index in [9.17, 15) is 8.42 Å². The molecule has 0 bridgehead atoms. The second-order valence-corrected chi connectivity index (χ2v) is 7.63. The van der Waals surface area contributed by atoms with E-state index < -0.39 is 15.6 Å². The molecular weight excluding hydrogens is 346 g/mol. The molecular formula is C12H18BrN3O3S. The number of sulfonamides is 1. The van der Waals surface area contributed by atoms with Crippen molar-refractivity contribution in [2.75, 3.05) is 25.5 Å². The van der Waals surface area contributed by atoms with Crippen LogP contribution >= 0.6 is 15.9 Å². The lowest BCUT2D eigenvalue weighted by atomic mass is 10.0. The van der Waals surface area contributed by atoms with E-state index in [1.54, 1.807) is 13.2 Å². The molecule has 1 saturated heterocycles. The van der Waals surface area contributed by atoms with Crippen LogP contribution in [0.1, 0.15) is 19.8 Å². The maximum absolute atomic E-state index is 12.4. The first-order valence-corrected chi connectivity index (χ1v) is 8.61. The summed E-state index contributed by atoms with van der Waals surface area (Å²) in [5, 5.41) is 2.78. The Bertz CT molecular complexity index is 586. The predicted molar refractivity (Wildman–Crippen MR) is 80.3 cm³/mol. The van der Waals surface area contributed by atoms with Crippen molar-refractivity contribution in [3.63, 3.8) is 0 Å². The maximum atomic E-state index is 12.4. The van der Waals surface area contributed by atoms with Crippen molar-refractivity contribution in [2.24, 2.45) is 0 Å². The summed E-state index contributed by atoms with van der Waals surface area (Å²) in [6, 6.07) is 1.53. The van der Waals surface area contributed by atoms with Crippen LogP contribution in [0.3, 0.4) is 0 Å². The highest BCUT2D eigenvalue weighted by atomic mass is 79.9. The molecule has 6 nitrogen and oxygen atoms in total. The third-order valence-corrected chi connectivity index (χ3v) is 5.13. The molecule has 1 aliphatic heterocycles. The lowest BCUT2D eigenvalue weighted by Gasteiger charge is -2.23. The second-order valence-electron chi connectivity index (χ2n) is 4.98. The van der Waals surface area contributed by atoms with Crippen LogP contribution in [0.25, 0.3) is 0 Å². The van der Waals surface area contributed by atoms with Crippen LogP contribution < -0.4 is 10.0 Å². The third-order valence-electron chi connectivity index (χ3n) is 3.28. The van der Waals surface area contributed by atoms with Gasteiger partial charge in [-0.2, -0.15) is 0 Å². The van der Waals surface area contributed by atoms with Crippen LogP contribution in [0.5, 0.6) is 0 Å². The van der Waals surface area contributed by atoms with Crippen molar-refractivity contribution in [2.45, 2.75) is 30.3 Å². The van der Waals surface area contributed by atoms with Gasteiger partial charge in [-0.1, -0.05) is 0 Å². The highest BCUT2D eigenvalue weighted by molar-refractivity contribution is 9.10. The zero-order valence-electron chi connectivity index (χ0n) is 11.4. The van der Waals surface area contributed by atoms with Crippen molar-refractivity contribution >= 4 is 31.8 Å². The van der Waals surface area contributed by atoms with E-state index in [1.165, 1.54) is 6.07 Å². The minimum absolute atomic E-state index is 0.121. The van der Waals surface area contributed by atoms with Gasteiger partial charge in [0.2, 0.25) is 10.0 Å². The summed E-state index contributed by atoms with van der Waals surface area (Å²) in [6.45, 7) is 2.85. The number of hydrogen-bond donors (Lipinski definition) is 2. The fourth-order valence-electron chi connectivity index (χ4n) is 2.11. The van der Waals surface area contributed by atoms with E-state index in [0.717, 1.165) is 12.8 Å². The highest BCUT2D eigenvalue weighted by Crippen LogP contribution is 2.26. The van der Waals surface area contributed by atoms with Crippen LogP contribution in [0.2, 0.25) is 0 Å². The average Bonchev–Trinajstić information content (AvgIpc) is 2.84. The third kappa shape index (κ3) is 3.49. The summed E-state index contributed by atoms with van der Waals surface area (Å²) < 4.78 is 33.6. The van der Waals surface area contributed by atoms with Crippen molar-refractivity contribution < 1.29 is 13.2 Å². The van der Waals surface area contributed by atoms with E-state index in [4.69, 9.17) is 4.74 Å². The van der Waals surface area contributed by atoms with E-state index in [2.05, 4.69) is 31.0 Å². The molecule has 2 N–H and O–H groups in total. The molecule has 0 aromatic carbocycles. The molecule has 8 heteroatoms. The standard InChI is InChI=1S/C12H18BrN3O3S/c1-12(4-3-5-19-12)8-16-20(17,18)10-6-9(13)7-15-11(10)14-2/h6-7,16H,3-5,8H2,1-2H3,(H,14,15). The Balaban J connectivity index is 2.20. The van der Waals surface area contributed by atoms with Gasteiger partial charge in [0.05, 0.1) is 5.60 Å². The Kier molecular flexibility index (Phi) is 4.68. The zero-order valence-corrected chi connectivity index (χ0v) is 13.8. The molecule has 20 heavy (non-hydrogen) atoms. The summed E-state index contributed by atoms with van der Waals surface area (Å²) in [6.07, 6.45) is 3.36. The van der Waals surface area contributed by atoms with Gasteiger partial charge in [-0.25, -0.2) is 18.1 Å². The fraction of sp³-hybridized carbons (Fsp3) is 0.583. The summed E-state index contributed by atoms with van der Waals surface area (Å²) in [7, 11) is -2.00. The van der Waals surface area contributed by atoms with E-state index >= 15 is 0 Å². The molecule has 0 aliphatic carbocycles. The molecule has 1 aromatic heterocycles. The van der Waals surface area contributed by atoms with Gasteiger partial charge >= 0.3 is 0 Å². The Morgan fingerprint density at radius 1 is 1.55 bits per heavy atom. The van der Waals surface area contributed by atoms with Gasteiger partial charge in [0.25, 0.3) is 0 Å². The number of hydrogen-bond acceptors (Lipinski definition) is 5. The monoisotopic (exact) mass is 363 g/mol. The Hall–Kier alpha value is -0.700. The molecule has 0 spiro atoms. The minimum Gasteiger partial charge on any atom is -0.374 e. The van der Waals surface area contributed by atoms with Crippen molar-refractivity contribution in [1.82, 2.24) is 9.71 Å². The fourth-order valence-corrected chi connectivity index (χ4v) is 3.94. The van der Waals surface area contributed by atoms with Crippen LogP contribution in [-0.4, -0.2) is 39.2 Å². The largest absolute Gasteiger partial charge is 0.374 e. The number of nitrogens with one attached hydrogen (secondary N) is 2. The van der Waals surface area contributed by atoms with Gasteiger partial charge in [0, 0.05) is 30.9 Å².